The van der Waals surface area contributed by atoms with Gasteiger partial charge in [-0.2, -0.15) is 5.10 Å². The number of thiazole rings is 1. The molecule has 0 aliphatic carbocycles. The predicted octanol–water partition coefficient (Wildman–Crippen LogP) is 3.27. The second kappa shape index (κ2) is 8.76. The first-order valence-electron chi connectivity index (χ1n) is 9.14. The van der Waals surface area contributed by atoms with E-state index in [9.17, 15) is 4.79 Å². The molecule has 1 aliphatic rings. The molecule has 1 fully saturated rings. The van der Waals surface area contributed by atoms with Crippen molar-refractivity contribution in [2.45, 2.75) is 6.42 Å². The Hall–Kier alpha value is -2.69. The molecule has 0 saturated carbocycles. The van der Waals surface area contributed by atoms with Crippen molar-refractivity contribution in [2.24, 2.45) is 4.99 Å². The molecule has 150 valence electrons. The fourth-order valence-corrected chi connectivity index (χ4v) is 4.44. The smallest absolute Gasteiger partial charge is 0.264 e. The average molecular weight is 428 g/mol. The number of aliphatic imine (C=N–C) groups is 1. The topological polar surface area (TPSA) is 98.3 Å². The number of amidine groups is 1. The Morgan fingerprint density at radius 1 is 1.31 bits per heavy atom. The van der Waals surface area contributed by atoms with Crippen molar-refractivity contribution in [3.63, 3.8) is 0 Å². The zero-order valence-electron chi connectivity index (χ0n) is 16.1. The summed E-state index contributed by atoms with van der Waals surface area (Å²) in [4.78, 5) is 24.9. The Morgan fingerprint density at radius 2 is 2.21 bits per heavy atom. The molecule has 29 heavy (non-hydrogen) atoms. The number of benzene rings is 1. The Balaban J connectivity index is 1.40. The van der Waals surface area contributed by atoms with E-state index in [1.807, 2.05) is 24.3 Å². The van der Waals surface area contributed by atoms with E-state index in [0.29, 0.717) is 10.1 Å². The molecule has 3 heterocycles. The number of carbonyl (C=O) groups is 1. The SMILES string of the molecule is CN(C)CCCNc1ncc(/C=C2\SC(=Nc3ccc4cn[nH]c4c3)NC2=O)s1. The van der Waals surface area contributed by atoms with E-state index in [1.54, 1.807) is 12.4 Å². The molecule has 0 spiro atoms. The molecule has 0 unspecified atom stereocenters. The number of rotatable bonds is 7. The Bertz CT molecular complexity index is 1080. The maximum Gasteiger partial charge on any atom is 0.264 e. The van der Waals surface area contributed by atoms with Crippen LogP contribution in [0.15, 0.2) is 40.5 Å². The third-order valence-electron chi connectivity index (χ3n) is 4.16. The number of H-pyrrole nitrogens is 1. The van der Waals surface area contributed by atoms with E-state index in [2.05, 4.69) is 49.8 Å². The second-order valence-electron chi connectivity index (χ2n) is 6.77. The molecule has 2 aromatic heterocycles. The number of anilines is 1. The van der Waals surface area contributed by atoms with E-state index < -0.39 is 0 Å². The first kappa shape index (κ1) is 19.6. The highest BCUT2D eigenvalue weighted by Crippen LogP contribution is 2.30. The predicted molar refractivity (Wildman–Crippen MR) is 121 cm³/mol. The molecule has 1 saturated heterocycles. The lowest BCUT2D eigenvalue weighted by atomic mass is 10.2. The van der Waals surface area contributed by atoms with E-state index in [-0.39, 0.29) is 5.91 Å². The fraction of sp³-hybridized carbons (Fsp3) is 0.263. The Kier molecular flexibility index (Phi) is 5.93. The molecule has 1 amide bonds. The van der Waals surface area contributed by atoms with E-state index in [0.717, 1.165) is 46.1 Å². The molecule has 3 N–H and O–H groups in total. The first-order valence-corrected chi connectivity index (χ1v) is 10.8. The number of aromatic nitrogens is 3. The lowest BCUT2D eigenvalue weighted by Gasteiger charge is -2.08. The van der Waals surface area contributed by atoms with Gasteiger partial charge in [0.25, 0.3) is 5.91 Å². The van der Waals surface area contributed by atoms with Gasteiger partial charge in [0, 0.05) is 18.1 Å². The van der Waals surface area contributed by atoms with Gasteiger partial charge in [-0.25, -0.2) is 9.98 Å². The van der Waals surface area contributed by atoms with Crippen LogP contribution in [0.3, 0.4) is 0 Å². The molecule has 3 aromatic rings. The van der Waals surface area contributed by atoms with Crippen molar-refractivity contribution in [1.82, 2.24) is 25.4 Å². The molecule has 0 atom stereocenters. The number of aromatic amines is 1. The zero-order valence-corrected chi connectivity index (χ0v) is 17.7. The van der Waals surface area contributed by atoms with Gasteiger partial charge in [0.2, 0.25) is 0 Å². The van der Waals surface area contributed by atoms with Crippen LogP contribution < -0.4 is 10.6 Å². The summed E-state index contributed by atoms with van der Waals surface area (Å²) in [7, 11) is 4.12. The second-order valence-corrected chi connectivity index (χ2v) is 8.87. The van der Waals surface area contributed by atoms with Gasteiger partial charge in [-0.1, -0.05) is 11.3 Å². The van der Waals surface area contributed by atoms with Crippen LogP contribution in [0.5, 0.6) is 0 Å². The van der Waals surface area contributed by atoms with E-state index in [1.165, 1.54) is 23.1 Å². The number of fused-ring (bicyclic) bond motifs is 1. The molecule has 4 rings (SSSR count). The molecule has 1 aromatic carbocycles. The first-order chi connectivity index (χ1) is 14.1. The fourth-order valence-electron chi connectivity index (χ4n) is 2.75. The molecule has 1 aliphatic heterocycles. The summed E-state index contributed by atoms with van der Waals surface area (Å²) < 4.78 is 0. The lowest BCUT2D eigenvalue weighted by Crippen LogP contribution is -2.19. The summed E-state index contributed by atoms with van der Waals surface area (Å²) in [6.07, 6.45) is 6.44. The van der Waals surface area contributed by atoms with Crippen molar-refractivity contribution in [3.8, 4) is 0 Å². The minimum Gasteiger partial charge on any atom is -0.361 e. The number of hydrogen-bond donors (Lipinski definition) is 3. The van der Waals surface area contributed by atoms with E-state index >= 15 is 0 Å². The normalized spacial score (nSPS) is 17.0. The van der Waals surface area contributed by atoms with Gasteiger partial charge in [0.1, 0.15) is 0 Å². The highest BCUT2D eigenvalue weighted by atomic mass is 32.2. The van der Waals surface area contributed by atoms with Crippen LogP contribution >= 0.6 is 23.1 Å². The maximum absolute atomic E-state index is 12.3. The minimum atomic E-state index is -0.148. The molecule has 8 nitrogen and oxygen atoms in total. The van der Waals surface area contributed by atoms with Crippen LogP contribution in [0.25, 0.3) is 17.0 Å². The van der Waals surface area contributed by atoms with Crippen LogP contribution in [0.2, 0.25) is 0 Å². The number of amides is 1. The van der Waals surface area contributed by atoms with Gasteiger partial charge in [-0.05, 0) is 63.1 Å². The van der Waals surface area contributed by atoms with Crippen molar-refractivity contribution in [2.75, 3.05) is 32.5 Å². The summed E-state index contributed by atoms with van der Waals surface area (Å²) in [6.45, 7) is 1.90. The Morgan fingerprint density at radius 3 is 3.07 bits per heavy atom. The van der Waals surface area contributed by atoms with Gasteiger partial charge in [0.05, 0.1) is 27.2 Å². The quantitative estimate of drug-likeness (QED) is 0.395. The highest BCUT2D eigenvalue weighted by molar-refractivity contribution is 8.18. The molecular formula is C19H21N7OS2. The summed E-state index contributed by atoms with van der Waals surface area (Å²) in [5.41, 5.74) is 1.67. The number of carbonyl (C=O) groups excluding carboxylic acids is 1. The molecule has 0 radical (unpaired) electrons. The van der Waals surface area contributed by atoms with E-state index in [4.69, 9.17) is 0 Å². The van der Waals surface area contributed by atoms with Gasteiger partial charge >= 0.3 is 0 Å². The van der Waals surface area contributed by atoms with Crippen LogP contribution in [-0.4, -0.2) is 58.3 Å². The van der Waals surface area contributed by atoms with Gasteiger partial charge in [-0.3, -0.25) is 9.89 Å². The van der Waals surface area contributed by atoms with Crippen molar-refractivity contribution in [1.29, 1.82) is 0 Å². The van der Waals surface area contributed by atoms with Crippen LogP contribution in [0, 0.1) is 0 Å². The van der Waals surface area contributed by atoms with Crippen LogP contribution in [0.4, 0.5) is 10.8 Å². The number of nitrogens with one attached hydrogen (secondary N) is 3. The third-order valence-corrected chi connectivity index (χ3v) is 5.97. The van der Waals surface area contributed by atoms with Crippen molar-refractivity contribution >= 4 is 62.0 Å². The van der Waals surface area contributed by atoms with Gasteiger partial charge < -0.3 is 15.5 Å². The molecular weight excluding hydrogens is 406 g/mol. The standard InChI is InChI=1S/C19H21N7OS2/c1-26(2)7-3-6-20-18-21-11-14(28-18)9-16-17(27)24-19(29-16)23-13-5-4-12-10-22-25-15(12)8-13/h4-5,8-11H,3,6-7H2,1-2H3,(H,20,21)(H,22,25)(H,23,24,27)/b16-9-. The average Bonchev–Trinajstić information content (AvgIpc) is 3.40. The molecule has 10 heteroatoms. The van der Waals surface area contributed by atoms with Crippen LogP contribution in [-0.2, 0) is 4.79 Å². The van der Waals surface area contributed by atoms with Crippen LogP contribution in [0.1, 0.15) is 11.3 Å². The number of thioether (sulfide) groups is 1. The highest BCUT2D eigenvalue weighted by Gasteiger charge is 2.24. The van der Waals surface area contributed by atoms with Gasteiger partial charge in [0.15, 0.2) is 10.3 Å². The van der Waals surface area contributed by atoms with Crippen molar-refractivity contribution < 1.29 is 4.79 Å². The Labute approximate surface area is 176 Å². The number of hydrogen-bond acceptors (Lipinski definition) is 8. The summed E-state index contributed by atoms with van der Waals surface area (Å²) >= 11 is 2.86. The van der Waals surface area contributed by atoms with Gasteiger partial charge in [-0.15, -0.1) is 0 Å². The largest absolute Gasteiger partial charge is 0.361 e. The maximum atomic E-state index is 12.3. The minimum absolute atomic E-state index is 0.148. The van der Waals surface area contributed by atoms with Crippen molar-refractivity contribution in [3.05, 3.63) is 40.4 Å². The summed E-state index contributed by atoms with van der Waals surface area (Å²) in [5.74, 6) is -0.148. The lowest BCUT2D eigenvalue weighted by molar-refractivity contribution is -0.115. The molecule has 0 bridgehead atoms. The number of nitrogens with zero attached hydrogens (tertiary/aromatic N) is 4. The zero-order chi connectivity index (χ0) is 20.2. The third kappa shape index (κ3) is 5.03. The summed E-state index contributed by atoms with van der Waals surface area (Å²) in [6, 6.07) is 5.75. The summed E-state index contributed by atoms with van der Waals surface area (Å²) in [5, 5.41) is 15.5. The monoisotopic (exact) mass is 427 g/mol.